The van der Waals surface area contributed by atoms with Crippen LogP contribution in [0.1, 0.15) is 22.6 Å². The quantitative estimate of drug-likeness (QED) is 0.879. The maximum absolute atomic E-state index is 13.3. The molecule has 0 unspecified atom stereocenters. The molecule has 2 rings (SSSR count). The second kappa shape index (κ2) is 7.07. The molecule has 0 bridgehead atoms. The first-order chi connectivity index (χ1) is 10.1. The van der Waals surface area contributed by atoms with Gasteiger partial charge >= 0.3 is 0 Å². The van der Waals surface area contributed by atoms with Crippen molar-refractivity contribution in [1.29, 1.82) is 0 Å². The maximum atomic E-state index is 13.3. The van der Waals surface area contributed by atoms with Crippen molar-refractivity contribution in [3.63, 3.8) is 0 Å². The van der Waals surface area contributed by atoms with Gasteiger partial charge in [0.2, 0.25) is 0 Å². The largest absolute Gasteiger partial charge is 0.465 e. The van der Waals surface area contributed by atoms with Crippen LogP contribution >= 0.6 is 0 Å². The highest BCUT2D eigenvalue weighted by Crippen LogP contribution is 2.15. The van der Waals surface area contributed by atoms with Crippen molar-refractivity contribution in [2.45, 2.75) is 20.0 Å². The van der Waals surface area contributed by atoms with Gasteiger partial charge in [0.1, 0.15) is 17.3 Å². The molecule has 0 amide bonds. The first-order valence-electron chi connectivity index (χ1n) is 6.79. The Hall–Kier alpha value is -2.09. The summed E-state index contributed by atoms with van der Waals surface area (Å²) in [6.07, 6.45) is 0. The summed E-state index contributed by atoms with van der Waals surface area (Å²) in [5.74, 6) is 7.21. The van der Waals surface area contributed by atoms with Gasteiger partial charge in [-0.05, 0) is 43.8 Å². The summed E-state index contributed by atoms with van der Waals surface area (Å²) in [5.41, 5.74) is 7.04. The van der Waals surface area contributed by atoms with Gasteiger partial charge in [0.05, 0.1) is 13.1 Å². The average Bonchev–Trinajstić information content (AvgIpc) is 2.84. The molecule has 0 saturated heterocycles. The molecule has 2 N–H and O–H groups in total. The zero-order chi connectivity index (χ0) is 15.2. The van der Waals surface area contributed by atoms with E-state index in [9.17, 15) is 4.39 Å². The lowest BCUT2D eigenvalue weighted by atomic mass is 10.1. The van der Waals surface area contributed by atoms with E-state index in [1.165, 1.54) is 12.1 Å². The lowest BCUT2D eigenvalue weighted by Crippen LogP contribution is -2.17. The van der Waals surface area contributed by atoms with Crippen LogP contribution in [0.3, 0.4) is 0 Å². The number of benzene rings is 1. The summed E-state index contributed by atoms with van der Waals surface area (Å²) in [5, 5.41) is 0. The Morgan fingerprint density at radius 2 is 2.05 bits per heavy atom. The predicted octanol–water partition coefficient (Wildman–Crippen LogP) is 2.67. The van der Waals surface area contributed by atoms with Crippen molar-refractivity contribution in [1.82, 2.24) is 4.90 Å². The first kappa shape index (κ1) is 15.3. The van der Waals surface area contributed by atoms with Gasteiger partial charge < -0.3 is 10.2 Å². The second-order valence-corrected chi connectivity index (χ2v) is 4.99. The predicted molar refractivity (Wildman–Crippen MR) is 80.9 cm³/mol. The second-order valence-electron chi connectivity index (χ2n) is 4.99. The molecule has 1 aromatic heterocycles. The highest BCUT2D eigenvalue weighted by Gasteiger charge is 2.08. The van der Waals surface area contributed by atoms with Crippen LogP contribution < -0.4 is 5.73 Å². The summed E-state index contributed by atoms with van der Waals surface area (Å²) in [6, 6.07) is 8.57. The standard InChI is InChI=1S/C17H19FN2O/c1-13-5-8-17(21-13)12-20(2)11-15-6-7-16(18)10-14(15)4-3-9-19/h5-8,10H,9,11-12,19H2,1-2H3. The van der Waals surface area contributed by atoms with Gasteiger partial charge in [-0.1, -0.05) is 17.9 Å². The molecular weight excluding hydrogens is 267 g/mol. The van der Waals surface area contributed by atoms with Crippen LogP contribution in [0, 0.1) is 24.6 Å². The molecule has 110 valence electrons. The average molecular weight is 286 g/mol. The monoisotopic (exact) mass is 286 g/mol. The minimum atomic E-state index is -0.288. The minimum absolute atomic E-state index is 0.261. The number of nitrogens with two attached hydrogens (primary N) is 1. The van der Waals surface area contributed by atoms with E-state index in [-0.39, 0.29) is 12.4 Å². The minimum Gasteiger partial charge on any atom is -0.465 e. The Bertz CT molecular complexity index is 667. The Morgan fingerprint density at radius 1 is 1.24 bits per heavy atom. The van der Waals surface area contributed by atoms with Crippen molar-refractivity contribution in [3.8, 4) is 11.8 Å². The van der Waals surface area contributed by atoms with Crippen LogP contribution in [0.2, 0.25) is 0 Å². The number of aryl methyl sites for hydroxylation is 1. The molecule has 0 spiro atoms. The summed E-state index contributed by atoms with van der Waals surface area (Å²) in [6.45, 7) is 3.53. The number of rotatable bonds is 4. The van der Waals surface area contributed by atoms with Crippen LogP contribution in [-0.2, 0) is 13.1 Å². The third-order valence-corrected chi connectivity index (χ3v) is 3.06. The summed E-state index contributed by atoms with van der Waals surface area (Å²) in [4.78, 5) is 2.10. The van der Waals surface area contributed by atoms with Gasteiger partial charge in [0.15, 0.2) is 0 Å². The molecule has 1 aromatic carbocycles. The number of nitrogens with zero attached hydrogens (tertiary/aromatic N) is 1. The molecule has 2 aromatic rings. The molecule has 1 heterocycles. The smallest absolute Gasteiger partial charge is 0.124 e. The number of hydrogen-bond donors (Lipinski definition) is 1. The number of furan rings is 1. The van der Waals surface area contributed by atoms with Gasteiger partial charge in [0, 0.05) is 12.1 Å². The fraction of sp³-hybridized carbons (Fsp3) is 0.294. The fourth-order valence-electron chi connectivity index (χ4n) is 2.13. The molecule has 0 aliphatic heterocycles. The summed E-state index contributed by atoms with van der Waals surface area (Å²) >= 11 is 0. The zero-order valence-electron chi connectivity index (χ0n) is 12.3. The van der Waals surface area contributed by atoms with Crippen molar-refractivity contribution >= 4 is 0 Å². The summed E-state index contributed by atoms with van der Waals surface area (Å²) < 4.78 is 18.9. The lowest BCUT2D eigenvalue weighted by molar-refractivity contribution is 0.285. The normalized spacial score (nSPS) is 10.5. The summed E-state index contributed by atoms with van der Waals surface area (Å²) in [7, 11) is 1.99. The van der Waals surface area contributed by atoms with Crippen LogP contribution in [-0.4, -0.2) is 18.5 Å². The SMILES string of the molecule is Cc1ccc(CN(C)Cc2ccc(F)cc2C#CCN)o1. The van der Waals surface area contributed by atoms with E-state index < -0.39 is 0 Å². The topological polar surface area (TPSA) is 42.4 Å². The highest BCUT2D eigenvalue weighted by molar-refractivity contribution is 5.41. The van der Waals surface area contributed by atoms with E-state index in [1.54, 1.807) is 6.07 Å². The fourth-order valence-corrected chi connectivity index (χ4v) is 2.13. The number of halogens is 1. The van der Waals surface area contributed by atoms with E-state index in [0.717, 1.165) is 17.1 Å². The molecule has 3 nitrogen and oxygen atoms in total. The molecule has 0 aliphatic carbocycles. The Balaban J connectivity index is 2.11. The van der Waals surface area contributed by atoms with Gasteiger partial charge in [-0.3, -0.25) is 4.90 Å². The van der Waals surface area contributed by atoms with Crippen LogP contribution in [0.15, 0.2) is 34.7 Å². The van der Waals surface area contributed by atoms with E-state index in [4.69, 9.17) is 10.2 Å². The van der Waals surface area contributed by atoms with Crippen molar-refractivity contribution in [2.24, 2.45) is 5.73 Å². The van der Waals surface area contributed by atoms with E-state index in [2.05, 4.69) is 16.7 Å². The lowest BCUT2D eigenvalue weighted by Gasteiger charge is -2.16. The van der Waals surface area contributed by atoms with Crippen molar-refractivity contribution in [3.05, 3.63) is 58.8 Å². The Morgan fingerprint density at radius 3 is 2.71 bits per heavy atom. The maximum Gasteiger partial charge on any atom is 0.124 e. The van der Waals surface area contributed by atoms with Gasteiger partial charge in [0.25, 0.3) is 0 Å². The Kier molecular flexibility index (Phi) is 5.15. The van der Waals surface area contributed by atoms with Gasteiger partial charge in [-0.2, -0.15) is 0 Å². The van der Waals surface area contributed by atoms with E-state index in [1.807, 2.05) is 26.1 Å². The van der Waals surface area contributed by atoms with Crippen LogP contribution in [0.5, 0.6) is 0 Å². The third kappa shape index (κ3) is 4.45. The molecular formula is C17H19FN2O. The zero-order valence-corrected chi connectivity index (χ0v) is 12.3. The van der Waals surface area contributed by atoms with Crippen LogP contribution in [0.25, 0.3) is 0 Å². The van der Waals surface area contributed by atoms with Gasteiger partial charge in [-0.15, -0.1) is 0 Å². The molecule has 21 heavy (non-hydrogen) atoms. The molecule has 0 radical (unpaired) electrons. The van der Waals surface area contributed by atoms with Crippen molar-refractivity contribution in [2.75, 3.05) is 13.6 Å². The van der Waals surface area contributed by atoms with E-state index >= 15 is 0 Å². The molecule has 0 saturated carbocycles. The Labute approximate surface area is 124 Å². The van der Waals surface area contributed by atoms with Crippen LogP contribution in [0.4, 0.5) is 4.39 Å². The number of hydrogen-bond acceptors (Lipinski definition) is 3. The molecule has 0 fully saturated rings. The third-order valence-electron chi connectivity index (χ3n) is 3.06. The molecule has 0 atom stereocenters. The van der Waals surface area contributed by atoms with Crippen molar-refractivity contribution < 1.29 is 8.81 Å². The van der Waals surface area contributed by atoms with E-state index in [0.29, 0.717) is 18.7 Å². The molecule has 0 aliphatic rings. The van der Waals surface area contributed by atoms with Gasteiger partial charge in [-0.25, -0.2) is 4.39 Å². The molecule has 4 heteroatoms. The highest BCUT2D eigenvalue weighted by atomic mass is 19.1. The first-order valence-corrected chi connectivity index (χ1v) is 6.79.